The van der Waals surface area contributed by atoms with Crippen LogP contribution in [0.4, 0.5) is 5.82 Å². The number of benzene rings is 1. The Bertz CT molecular complexity index is 526. The minimum absolute atomic E-state index is 0.288. The molecule has 2 N–H and O–H groups in total. The summed E-state index contributed by atoms with van der Waals surface area (Å²) in [6.45, 7) is 6.21. The maximum Gasteiger partial charge on any atom is 0.172 e. The molecule has 1 heterocycles. The van der Waals surface area contributed by atoms with Crippen molar-refractivity contribution in [2.75, 3.05) is 5.73 Å². The van der Waals surface area contributed by atoms with E-state index < -0.39 is 0 Å². The van der Waals surface area contributed by atoms with Crippen molar-refractivity contribution in [3.8, 4) is 11.3 Å². The first kappa shape index (κ1) is 12.2. The van der Waals surface area contributed by atoms with Crippen LogP contribution in [0.15, 0.2) is 27.2 Å². The molecular formula is C13H15BrN2O. The van der Waals surface area contributed by atoms with E-state index in [2.05, 4.69) is 47.1 Å². The van der Waals surface area contributed by atoms with Crippen molar-refractivity contribution >= 4 is 21.7 Å². The van der Waals surface area contributed by atoms with Gasteiger partial charge in [0.2, 0.25) is 0 Å². The van der Waals surface area contributed by atoms with Gasteiger partial charge >= 0.3 is 0 Å². The van der Waals surface area contributed by atoms with Gasteiger partial charge in [0.25, 0.3) is 0 Å². The topological polar surface area (TPSA) is 52.0 Å². The van der Waals surface area contributed by atoms with E-state index in [9.17, 15) is 0 Å². The number of halogens is 1. The van der Waals surface area contributed by atoms with E-state index in [1.54, 1.807) is 0 Å². The number of aryl methyl sites for hydroxylation is 1. The van der Waals surface area contributed by atoms with Crippen molar-refractivity contribution in [2.24, 2.45) is 0 Å². The SMILES string of the molecule is Cc1cc(Br)cc(-c2onc(N)c2C(C)C)c1. The number of hydrogen-bond acceptors (Lipinski definition) is 3. The standard InChI is InChI=1S/C13H15BrN2O/c1-7(2)11-12(17-16-13(11)15)9-4-8(3)5-10(14)6-9/h4-7H,1-3H3,(H2,15,16). The molecule has 0 bridgehead atoms. The minimum atomic E-state index is 0.288. The Morgan fingerprint density at radius 1 is 1.29 bits per heavy atom. The second kappa shape index (κ2) is 4.53. The highest BCUT2D eigenvalue weighted by Gasteiger charge is 2.18. The highest BCUT2D eigenvalue weighted by molar-refractivity contribution is 9.10. The first-order valence-electron chi connectivity index (χ1n) is 5.51. The lowest BCUT2D eigenvalue weighted by Crippen LogP contribution is -1.95. The van der Waals surface area contributed by atoms with Crippen LogP contribution in [-0.4, -0.2) is 5.16 Å². The van der Waals surface area contributed by atoms with Gasteiger partial charge in [0.15, 0.2) is 11.6 Å². The Morgan fingerprint density at radius 2 is 2.00 bits per heavy atom. The predicted octanol–water partition coefficient (Wildman–Crippen LogP) is 4.12. The number of hydrogen-bond donors (Lipinski definition) is 1. The monoisotopic (exact) mass is 294 g/mol. The molecule has 0 aliphatic carbocycles. The number of rotatable bonds is 2. The lowest BCUT2D eigenvalue weighted by Gasteiger charge is -2.06. The first-order valence-corrected chi connectivity index (χ1v) is 6.31. The average Bonchev–Trinajstić information content (AvgIpc) is 2.58. The molecule has 3 nitrogen and oxygen atoms in total. The molecule has 0 saturated heterocycles. The summed E-state index contributed by atoms with van der Waals surface area (Å²) in [4.78, 5) is 0. The number of anilines is 1. The van der Waals surface area contributed by atoms with E-state index in [1.165, 1.54) is 5.56 Å². The van der Waals surface area contributed by atoms with Gasteiger partial charge in [0.05, 0.1) is 0 Å². The van der Waals surface area contributed by atoms with Gasteiger partial charge in [-0.3, -0.25) is 0 Å². The Kier molecular flexibility index (Phi) is 3.24. The normalized spacial score (nSPS) is 11.1. The summed E-state index contributed by atoms with van der Waals surface area (Å²) in [5.74, 6) is 1.53. The highest BCUT2D eigenvalue weighted by Crippen LogP contribution is 2.34. The van der Waals surface area contributed by atoms with Crippen LogP contribution in [-0.2, 0) is 0 Å². The Hall–Kier alpha value is -1.29. The maximum absolute atomic E-state index is 5.84. The quantitative estimate of drug-likeness (QED) is 0.906. The lowest BCUT2D eigenvalue weighted by atomic mass is 9.98. The number of nitrogens with two attached hydrogens (primary N) is 1. The van der Waals surface area contributed by atoms with Gasteiger partial charge in [0, 0.05) is 15.6 Å². The van der Waals surface area contributed by atoms with E-state index >= 15 is 0 Å². The van der Waals surface area contributed by atoms with E-state index in [0.29, 0.717) is 5.82 Å². The van der Waals surface area contributed by atoms with Crippen molar-refractivity contribution in [2.45, 2.75) is 26.7 Å². The van der Waals surface area contributed by atoms with E-state index in [1.807, 2.05) is 13.0 Å². The van der Waals surface area contributed by atoms with Crippen LogP contribution in [0.2, 0.25) is 0 Å². The second-order valence-corrected chi connectivity index (χ2v) is 5.40. The second-order valence-electron chi connectivity index (χ2n) is 4.48. The van der Waals surface area contributed by atoms with Crippen LogP contribution < -0.4 is 5.73 Å². The molecule has 0 aliphatic heterocycles. The summed E-state index contributed by atoms with van der Waals surface area (Å²) in [5, 5.41) is 3.86. The fourth-order valence-corrected chi connectivity index (χ4v) is 2.55. The Labute approximate surface area is 109 Å². The molecule has 2 rings (SSSR count). The zero-order valence-electron chi connectivity index (χ0n) is 10.1. The van der Waals surface area contributed by atoms with Gasteiger partial charge < -0.3 is 10.3 Å². The van der Waals surface area contributed by atoms with Gasteiger partial charge in [-0.25, -0.2) is 0 Å². The fourth-order valence-electron chi connectivity index (χ4n) is 1.94. The zero-order chi connectivity index (χ0) is 12.6. The summed E-state index contributed by atoms with van der Waals surface area (Å²) in [7, 11) is 0. The van der Waals surface area contributed by atoms with Crippen LogP contribution in [0.3, 0.4) is 0 Å². The van der Waals surface area contributed by atoms with Crippen molar-refractivity contribution in [3.05, 3.63) is 33.8 Å². The third-order valence-corrected chi connectivity index (χ3v) is 3.10. The molecule has 0 spiro atoms. The van der Waals surface area contributed by atoms with Crippen molar-refractivity contribution in [3.63, 3.8) is 0 Å². The highest BCUT2D eigenvalue weighted by atomic mass is 79.9. The van der Waals surface area contributed by atoms with Crippen LogP contribution in [0, 0.1) is 6.92 Å². The van der Waals surface area contributed by atoms with E-state index in [-0.39, 0.29) is 5.92 Å². The average molecular weight is 295 g/mol. The summed E-state index contributed by atoms with van der Waals surface area (Å²) < 4.78 is 6.38. The minimum Gasteiger partial charge on any atom is -0.381 e. The van der Waals surface area contributed by atoms with Gasteiger partial charge in [-0.15, -0.1) is 0 Å². The first-order chi connectivity index (χ1) is 7.99. The molecule has 0 unspecified atom stereocenters. The largest absolute Gasteiger partial charge is 0.381 e. The van der Waals surface area contributed by atoms with Crippen LogP contribution in [0.1, 0.15) is 30.9 Å². The van der Waals surface area contributed by atoms with Gasteiger partial charge in [-0.2, -0.15) is 0 Å². The molecule has 90 valence electrons. The van der Waals surface area contributed by atoms with Gasteiger partial charge in [-0.05, 0) is 36.6 Å². The Balaban J connectivity index is 2.60. The zero-order valence-corrected chi connectivity index (χ0v) is 11.7. The van der Waals surface area contributed by atoms with Gasteiger partial charge in [0.1, 0.15) is 0 Å². The van der Waals surface area contributed by atoms with Crippen LogP contribution in [0.25, 0.3) is 11.3 Å². The molecule has 1 aromatic carbocycles. The molecule has 0 amide bonds. The predicted molar refractivity (Wildman–Crippen MR) is 72.9 cm³/mol. The smallest absolute Gasteiger partial charge is 0.172 e. The van der Waals surface area contributed by atoms with Crippen LogP contribution in [0.5, 0.6) is 0 Å². The molecule has 1 aromatic heterocycles. The molecule has 4 heteroatoms. The molecular weight excluding hydrogens is 280 g/mol. The maximum atomic E-state index is 5.84. The number of nitrogen functional groups attached to an aromatic ring is 1. The van der Waals surface area contributed by atoms with Crippen LogP contribution >= 0.6 is 15.9 Å². The van der Waals surface area contributed by atoms with Crippen molar-refractivity contribution in [1.82, 2.24) is 5.16 Å². The summed E-state index contributed by atoms with van der Waals surface area (Å²) >= 11 is 3.49. The van der Waals surface area contributed by atoms with Crippen molar-refractivity contribution < 1.29 is 4.52 Å². The molecule has 0 fully saturated rings. The number of nitrogens with zero attached hydrogens (tertiary/aromatic N) is 1. The summed E-state index contributed by atoms with van der Waals surface area (Å²) in [6.07, 6.45) is 0. The third kappa shape index (κ3) is 2.36. The fraction of sp³-hybridized carbons (Fsp3) is 0.308. The molecule has 0 radical (unpaired) electrons. The molecule has 2 aromatic rings. The molecule has 0 aliphatic rings. The molecule has 0 saturated carbocycles. The van der Waals surface area contributed by atoms with E-state index in [0.717, 1.165) is 21.4 Å². The number of aromatic nitrogens is 1. The molecule has 17 heavy (non-hydrogen) atoms. The lowest BCUT2D eigenvalue weighted by molar-refractivity contribution is 0.434. The summed E-state index contributed by atoms with van der Waals surface area (Å²) in [6, 6.07) is 6.13. The third-order valence-electron chi connectivity index (χ3n) is 2.64. The van der Waals surface area contributed by atoms with Gasteiger partial charge in [-0.1, -0.05) is 34.9 Å². The van der Waals surface area contributed by atoms with Crippen molar-refractivity contribution in [1.29, 1.82) is 0 Å². The molecule has 0 atom stereocenters. The summed E-state index contributed by atoms with van der Waals surface area (Å²) in [5.41, 5.74) is 8.98. The van der Waals surface area contributed by atoms with E-state index in [4.69, 9.17) is 10.3 Å². The Morgan fingerprint density at radius 3 is 2.59 bits per heavy atom.